The van der Waals surface area contributed by atoms with Crippen LogP contribution in [0, 0.1) is 12.8 Å². The Bertz CT molecular complexity index is 458. The predicted octanol–water partition coefficient (Wildman–Crippen LogP) is 2.22. The molecule has 0 radical (unpaired) electrons. The van der Waals surface area contributed by atoms with Crippen molar-refractivity contribution in [3.63, 3.8) is 0 Å². The van der Waals surface area contributed by atoms with Crippen molar-refractivity contribution in [3.05, 3.63) is 35.4 Å². The van der Waals surface area contributed by atoms with E-state index in [0.717, 1.165) is 39.1 Å². The number of carbonyl (C=O) groups is 1. The number of hydrogen-bond donors (Lipinski definition) is 1. The molecule has 1 N–H and O–H groups in total. The van der Waals surface area contributed by atoms with Gasteiger partial charge in [-0.15, -0.1) is 0 Å². The van der Waals surface area contributed by atoms with Gasteiger partial charge in [0, 0.05) is 26.2 Å². The zero-order valence-electron chi connectivity index (χ0n) is 13.1. The molecule has 1 aliphatic heterocycles. The second-order valence-corrected chi connectivity index (χ2v) is 6.16. The Morgan fingerprint density at radius 2 is 1.76 bits per heavy atom. The maximum Gasteiger partial charge on any atom is 0.307 e. The molecule has 1 aromatic carbocycles. The van der Waals surface area contributed by atoms with Crippen molar-refractivity contribution in [2.75, 3.05) is 32.7 Å². The summed E-state index contributed by atoms with van der Waals surface area (Å²) < 4.78 is 0. The molecule has 0 spiro atoms. The first-order valence-electron chi connectivity index (χ1n) is 7.77. The second kappa shape index (κ2) is 7.57. The van der Waals surface area contributed by atoms with Gasteiger partial charge in [0.25, 0.3) is 0 Å². The van der Waals surface area contributed by atoms with Crippen LogP contribution >= 0.6 is 0 Å². The van der Waals surface area contributed by atoms with Crippen LogP contribution in [0.4, 0.5) is 0 Å². The number of hydrogen-bond acceptors (Lipinski definition) is 3. The van der Waals surface area contributed by atoms with Crippen LogP contribution in [0.2, 0.25) is 0 Å². The lowest BCUT2D eigenvalue weighted by molar-refractivity contribution is -0.141. The standard InChI is InChI=1S/C17H26N2O2/c1-14-4-6-16(7-5-14)13-19-9-3-8-18(10-11-19)12-15(2)17(20)21/h4-7,15H,3,8-13H2,1-2H3,(H,20,21). The molecule has 2 rings (SSSR count). The highest BCUT2D eigenvalue weighted by Crippen LogP contribution is 2.11. The van der Waals surface area contributed by atoms with Gasteiger partial charge in [-0.2, -0.15) is 0 Å². The molecular formula is C17H26N2O2. The third kappa shape index (κ3) is 5.14. The van der Waals surface area contributed by atoms with Crippen LogP contribution < -0.4 is 0 Å². The predicted molar refractivity (Wildman–Crippen MR) is 84.3 cm³/mol. The van der Waals surface area contributed by atoms with Crippen LogP contribution in [0.3, 0.4) is 0 Å². The second-order valence-electron chi connectivity index (χ2n) is 6.16. The highest BCUT2D eigenvalue weighted by atomic mass is 16.4. The summed E-state index contributed by atoms with van der Waals surface area (Å²) >= 11 is 0. The highest BCUT2D eigenvalue weighted by molar-refractivity contribution is 5.69. The minimum absolute atomic E-state index is 0.284. The normalized spacial score (nSPS) is 19.1. The zero-order valence-corrected chi connectivity index (χ0v) is 13.1. The van der Waals surface area contributed by atoms with Gasteiger partial charge >= 0.3 is 5.97 Å². The Kier molecular flexibility index (Phi) is 5.76. The summed E-state index contributed by atoms with van der Waals surface area (Å²) in [5, 5.41) is 9.02. The molecule has 1 aliphatic rings. The van der Waals surface area contributed by atoms with E-state index in [1.165, 1.54) is 11.1 Å². The summed E-state index contributed by atoms with van der Waals surface area (Å²) in [6.07, 6.45) is 1.11. The van der Waals surface area contributed by atoms with Gasteiger partial charge < -0.3 is 10.0 Å². The monoisotopic (exact) mass is 290 g/mol. The summed E-state index contributed by atoms with van der Waals surface area (Å²) in [7, 11) is 0. The molecule has 1 atom stereocenters. The molecule has 1 heterocycles. The molecule has 0 aliphatic carbocycles. The molecule has 4 nitrogen and oxygen atoms in total. The van der Waals surface area contributed by atoms with Gasteiger partial charge in [-0.1, -0.05) is 36.8 Å². The number of rotatable bonds is 5. The smallest absolute Gasteiger partial charge is 0.307 e. The largest absolute Gasteiger partial charge is 0.481 e. The van der Waals surface area contributed by atoms with E-state index in [4.69, 9.17) is 5.11 Å². The molecule has 4 heteroatoms. The van der Waals surface area contributed by atoms with Crippen molar-refractivity contribution in [1.82, 2.24) is 9.80 Å². The fourth-order valence-corrected chi connectivity index (χ4v) is 2.78. The third-order valence-corrected chi connectivity index (χ3v) is 4.16. The average Bonchev–Trinajstić information content (AvgIpc) is 2.67. The fourth-order valence-electron chi connectivity index (χ4n) is 2.78. The van der Waals surface area contributed by atoms with Gasteiger partial charge in [0.15, 0.2) is 0 Å². The first kappa shape index (κ1) is 16.0. The first-order valence-corrected chi connectivity index (χ1v) is 7.77. The van der Waals surface area contributed by atoms with E-state index in [-0.39, 0.29) is 5.92 Å². The Morgan fingerprint density at radius 1 is 1.14 bits per heavy atom. The van der Waals surface area contributed by atoms with Crippen molar-refractivity contribution in [2.45, 2.75) is 26.8 Å². The lowest BCUT2D eigenvalue weighted by Gasteiger charge is -2.23. The van der Waals surface area contributed by atoms with Crippen LogP contribution in [0.15, 0.2) is 24.3 Å². The van der Waals surface area contributed by atoms with Crippen LogP contribution in [-0.4, -0.2) is 53.6 Å². The van der Waals surface area contributed by atoms with Crippen molar-refractivity contribution in [2.24, 2.45) is 5.92 Å². The average molecular weight is 290 g/mol. The minimum atomic E-state index is -0.698. The number of aryl methyl sites for hydroxylation is 1. The van der Waals surface area contributed by atoms with Gasteiger partial charge in [0.05, 0.1) is 5.92 Å². The molecule has 1 aromatic rings. The molecule has 116 valence electrons. The van der Waals surface area contributed by atoms with Gasteiger partial charge in [-0.25, -0.2) is 0 Å². The minimum Gasteiger partial charge on any atom is -0.481 e. The van der Waals surface area contributed by atoms with E-state index in [1.54, 1.807) is 6.92 Å². The summed E-state index contributed by atoms with van der Waals surface area (Å²) in [6.45, 7) is 9.61. The quantitative estimate of drug-likeness (QED) is 0.903. The van der Waals surface area contributed by atoms with Crippen LogP contribution in [-0.2, 0) is 11.3 Å². The van der Waals surface area contributed by atoms with Crippen molar-refractivity contribution in [3.8, 4) is 0 Å². The van der Waals surface area contributed by atoms with Crippen LogP contribution in [0.25, 0.3) is 0 Å². The third-order valence-electron chi connectivity index (χ3n) is 4.16. The summed E-state index contributed by atoms with van der Waals surface area (Å²) in [5.74, 6) is -0.982. The van der Waals surface area contributed by atoms with Gasteiger partial charge in [-0.05, 0) is 32.0 Å². The maximum absolute atomic E-state index is 11.0. The Balaban J connectivity index is 1.83. The van der Waals surface area contributed by atoms with E-state index >= 15 is 0 Å². The number of aliphatic carboxylic acids is 1. The van der Waals surface area contributed by atoms with Crippen LogP contribution in [0.1, 0.15) is 24.5 Å². The number of carboxylic acid groups (broad SMARTS) is 1. The molecular weight excluding hydrogens is 264 g/mol. The Hall–Kier alpha value is -1.39. The number of nitrogens with zero attached hydrogens (tertiary/aromatic N) is 2. The maximum atomic E-state index is 11.0. The molecule has 0 aromatic heterocycles. The lowest BCUT2D eigenvalue weighted by Crippen LogP contribution is -2.35. The van der Waals surface area contributed by atoms with Gasteiger partial charge in [0.2, 0.25) is 0 Å². The van der Waals surface area contributed by atoms with Crippen molar-refractivity contribution in [1.29, 1.82) is 0 Å². The summed E-state index contributed by atoms with van der Waals surface area (Å²) in [5.41, 5.74) is 2.65. The molecule has 1 saturated heterocycles. The van der Waals surface area contributed by atoms with Crippen molar-refractivity contribution >= 4 is 5.97 Å². The van der Waals surface area contributed by atoms with Gasteiger partial charge in [-0.3, -0.25) is 9.69 Å². The SMILES string of the molecule is Cc1ccc(CN2CCCN(CC(C)C(=O)O)CC2)cc1. The van der Waals surface area contributed by atoms with E-state index in [9.17, 15) is 4.79 Å². The number of benzene rings is 1. The lowest BCUT2D eigenvalue weighted by atomic mass is 10.1. The highest BCUT2D eigenvalue weighted by Gasteiger charge is 2.19. The Labute approximate surface area is 127 Å². The molecule has 21 heavy (non-hydrogen) atoms. The van der Waals surface area contributed by atoms with E-state index in [0.29, 0.717) is 6.54 Å². The Morgan fingerprint density at radius 3 is 2.43 bits per heavy atom. The summed E-state index contributed by atoms with van der Waals surface area (Å²) in [4.78, 5) is 15.7. The van der Waals surface area contributed by atoms with E-state index < -0.39 is 5.97 Å². The molecule has 0 saturated carbocycles. The zero-order chi connectivity index (χ0) is 15.2. The molecule has 1 fully saturated rings. The molecule has 0 amide bonds. The molecule has 0 bridgehead atoms. The summed E-state index contributed by atoms with van der Waals surface area (Å²) in [6, 6.07) is 8.72. The van der Waals surface area contributed by atoms with Gasteiger partial charge in [0.1, 0.15) is 0 Å². The fraction of sp³-hybridized carbons (Fsp3) is 0.588. The van der Waals surface area contributed by atoms with Crippen LogP contribution in [0.5, 0.6) is 0 Å². The first-order chi connectivity index (χ1) is 10.0. The van der Waals surface area contributed by atoms with Crippen molar-refractivity contribution < 1.29 is 9.90 Å². The number of carboxylic acids is 1. The molecule has 1 unspecified atom stereocenters. The van der Waals surface area contributed by atoms with E-state index in [2.05, 4.69) is 41.0 Å². The van der Waals surface area contributed by atoms with E-state index in [1.807, 2.05) is 0 Å². The topological polar surface area (TPSA) is 43.8 Å².